The molecule has 0 saturated heterocycles. The van der Waals surface area contributed by atoms with Crippen LogP contribution in [-0.4, -0.2) is 22.0 Å². The molecule has 2 N–H and O–H groups in total. The predicted octanol–water partition coefficient (Wildman–Crippen LogP) is 6.84. The number of carboxylic acid groups (broad SMARTS) is 1. The predicted molar refractivity (Wildman–Crippen MR) is 115 cm³/mol. The van der Waals surface area contributed by atoms with Gasteiger partial charge in [-0.3, -0.25) is 4.98 Å². The average molecular weight is 429 g/mol. The number of benzene rings is 2. The normalized spacial score (nSPS) is 15.7. The van der Waals surface area contributed by atoms with E-state index in [-0.39, 0.29) is 24.8 Å². The number of nitrogens with zero attached hydrogens (tertiary/aromatic N) is 1. The zero-order valence-electron chi connectivity index (χ0n) is 16.2. The van der Waals surface area contributed by atoms with Gasteiger partial charge >= 0.3 is 5.97 Å². The van der Waals surface area contributed by atoms with Crippen LogP contribution in [-0.2, 0) is 0 Å². The standard InChI is InChI=1S/C23H19ClF2N2O2/c1-13-2-4-20(17(10-13)22(29)30)28-21-16-11-15(24)3-5-19(16)27-12-18(21)14-6-8-23(25,26)9-7-14/h2-6,10-12H,7-9H2,1H3,(H,27,28)(H,29,30). The van der Waals surface area contributed by atoms with E-state index in [1.54, 1.807) is 36.5 Å². The maximum Gasteiger partial charge on any atom is 0.337 e. The first-order valence-electron chi connectivity index (χ1n) is 9.50. The van der Waals surface area contributed by atoms with Crippen molar-refractivity contribution >= 4 is 45.4 Å². The molecule has 0 bridgehead atoms. The second-order valence-electron chi connectivity index (χ2n) is 7.48. The highest BCUT2D eigenvalue weighted by atomic mass is 35.5. The van der Waals surface area contributed by atoms with Crippen LogP contribution in [0.1, 0.15) is 40.7 Å². The summed E-state index contributed by atoms with van der Waals surface area (Å²) in [6.07, 6.45) is 2.81. The summed E-state index contributed by atoms with van der Waals surface area (Å²) in [7, 11) is 0. The number of hydrogen-bond acceptors (Lipinski definition) is 3. The quantitative estimate of drug-likeness (QED) is 0.477. The van der Waals surface area contributed by atoms with Gasteiger partial charge in [-0.05, 0) is 49.2 Å². The van der Waals surface area contributed by atoms with E-state index in [9.17, 15) is 18.7 Å². The molecule has 1 aromatic heterocycles. The number of aromatic nitrogens is 1. The maximum atomic E-state index is 13.7. The Kier molecular flexibility index (Phi) is 5.20. The van der Waals surface area contributed by atoms with Crippen molar-refractivity contribution in [1.29, 1.82) is 0 Å². The number of rotatable bonds is 4. The van der Waals surface area contributed by atoms with E-state index in [4.69, 9.17) is 11.6 Å². The number of aromatic carboxylic acids is 1. The smallest absolute Gasteiger partial charge is 0.337 e. The van der Waals surface area contributed by atoms with E-state index in [2.05, 4.69) is 10.3 Å². The Morgan fingerprint density at radius 2 is 2.03 bits per heavy atom. The number of aryl methyl sites for hydroxylation is 1. The summed E-state index contributed by atoms with van der Waals surface area (Å²) in [5, 5.41) is 14.0. The zero-order valence-corrected chi connectivity index (χ0v) is 16.9. The minimum atomic E-state index is -2.71. The summed E-state index contributed by atoms with van der Waals surface area (Å²) in [6, 6.07) is 10.3. The van der Waals surface area contributed by atoms with Crippen molar-refractivity contribution in [3.8, 4) is 0 Å². The highest BCUT2D eigenvalue weighted by Crippen LogP contribution is 2.41. The average Bonchev–Trinajstić information content (AvgIpc) is 2.69. The van der Waals surface area contributed by atoms with E-state index in [0.717, 1.165) is 11.1 Å². The number of alkyl halides is 2. The summed E-state index contributed by atoms with van der Waals surface area (Å²) in [5.41, 5.74) is 4.03. The van der Waals surface area contributed by atoms with E-state index < -0.39 is 11.9 Å². The van der Waals surface area contributed by atoms with Crippen LogP contribution in [0.3, 0.4) is 0 Å². The zero-order chi connectivity index (χ0) is 21.5. The fourth-order valence-corrected chi connectivity index (χ4v) is 3.83. The molecular formula is C23H19ClF2N2O2. The Hall–Kier alpha value is -2.99. The van der Waals surface area contributed by atoms with Gasteiger partial charge in [0.05, 0.1) is 22.5 Å². The molecule has 7 heteroatoms. The van der Waals surface area contributed by atoms with Crippen molar-refractivity contribution in [3.63, 3.8) is 0 Å². The van der Waals surface area contributed by atoms with Gasteiger partial charge < -0.3 is 10.4 Å². The van der Waals surface area contributed by atoms with E-state index in [1.807, 2.05) is 13.0 Å². The largest absolute Gasteiger partial charge is 0.478 e. The Bertz CT molecular complexity index is 1190. The number of fused-ring (bicyclic) bond motifs is 1. The highest BCUT2D eigenvalue weighted by molar-refractivity contribution is 6.31. The van der Waals surface area contributed by atoms with Gasteiger partial charge in [0.1, 0.15) is 0 Å². The molecule has 2 aromatic carbocycles. The van der Waals surface area contributed by atoms with Gasteiger partial charge in [-0.2, -0.15) is 0 Å². The lowest BCUT2D eigenvalue weighted by Gasteiger charge is -2.24. The van der Waals surface area contributed by atoms with Crippen LogP contribution in [0.15, 0.2) is 48.7 Å². The van der Waals surface area contributed by atoms with Crippen LogP contribution in [0.4, 0.5) is 20.2 Å². The van der Waals surface area contributed by atoms with Crippen molar-refractivity contribution < 1.29 is 18.7 Å². The molecule has 1 aliphatic carbocycles. The third-order valence-electron chi connectivity index (χ3n) is 5.25. The molecule has 0 unspecified atom stereocenters. The molecule has 4 rings (SSSR count). The molecule has 0 saturated carbocycles. The third kappa shape index (κ3) is 4.00. The molecule has 0 fully saturated rings. The lowest BCUT2D eigenvalue weighted by atomic mass is 9.90. The second-order valence-corrected chi connectivity index (χ2v) is 7.91. The minimum Gasteiger partial charge on any atom is -0.478 e. The summed E-state index contributed by atoms with van der Waals surface area (Å²) < 4.78 is 27.3. The molecule has 154 valence electrons. The van der Waals surface area contributed by atoms with Gasteiger partial charge in [0, 0.05) is 35.0 Å². The third-order valence-corrected chi connectivity index (χ3v) is 5.48. The monoisotopic (exact) mass is 428 g/mol. The fraction of sp³-hybridized carbons (Fsp3) is 0.217. The van der Waals surface area contributed by atoms with E-state index in [0.29, 0.717) is 32.9 Å². The first-order valence-corrected chi connectivity index (χ1v) is 9.88. The van der Waals surface area contributed by atoms with E-state index >= 15 is 0 Å². The number of nitrogens with one attached hydrogen (secondary N) is 1. The van der Waals surface area contributed by atoms with E-state index in [1.165, 1.54) is 6.08 Å². The summed E-state index contributed by atoms with van der Waals surface area (Å²) in [6.45, 7) is 1.82. The van der Waals surface area contributed by atoms with Gasteiger partial charge in [0.15, 0.2) is 0 Å². The molecule has 0 spiro atoms. The van der Waals surface area contributed by atoms with Gasteiger partial charge in [0.25, 0.3) is 5.92 Å². The lowest BCUT2D eigenvalue weighted by molar-refractivity contribution is -0.00603. The Balaban J connectivity index is 1.90. The molecule has 1 heterocycles. The molecule has 0 aliphatic heterocycles. The number of anilines is 2. The van der Waals surface area contributed by atoms with Crippen LogP contribution in [0, 0.1) is 6.92 Å². The van der Waals surface area contributed by atoms with Gasteiger partial charge in [-0.1, -0.05) is 29.3 Å². The summed E-state index contributed by atoms with van der Waals surface area (Å²) in [5.74, 6) is -3.77. The lowest BCUT2D eigenvalue weighted by Crippen LogP contribution is -2.18. The SMILES string of the molecule is Cc1ccc(Nc2c(C3=CCC(F)(F)CC3)cnc3ccc(Cl)cc23)c(C(=O)O)c1. The maximum absolute atomic E-state index is 13.7. The Morgan fingerprint density at radius 1 is 1.23 bits per heavy atom. The van der Waals surface area contributed by atoms with Crippen LogP contribution >= 0.6 is 11.6 Å². The summed E-state index contributed by atoms with van der Waals surface area (Å²) in [4.78, 5) is 16.2. The topological polar surface area (TPSA) is 62.2 Å². The second kappa shape index (κ2) is 7.69. The molecular weight excluding hydrogens is 410 g/mol. The molecule has 1 aliphatic rings. The molecule has 0 amide bonds. The molecule has 30 heavy (non-hydrogen) atoms. The van der Waals surface area contributed by atoms with Gasteiger partial charge in [0.2, 0.25) is 0 Å². The fourth-order valence-electron chi connectivity index (χ4n) is 3.66. The van der Waals surface area contributed by atoms with Crippen LogP contribution in [0.25, 0.3) is 16.5 Å². The van der Waals surface area contributed by atoms with Crippen molar-refractivity contribution in [2.24, 2.45) is 0 Å². The molecule has 4 nitrogen and oxygen atoms in total. The number of pyridine rings is 1. The number of halogens is 3. The van der Waals surface area contributed by atoms with Crippen molar-refractivity contribution in [3.05, 3.63) is 70.4 Å². The Labute approximate surface area is 177 Å². The van der Waals surface area contributed by atoms with Crippen molar-refractivity contribution in [2.45, 2.75) is 32.1 Å². The number of carbonyl (C=O) groups is 1. The van der Waals surface area contributed by atoms with Crippen LogP contribution in [0.2, 0.25) is 5.02 Å². The molecule has 0 radical (unpaired) electrons. The number of hydrogen-bond donors (Lipinski definition) is 2. The van der Waals surface area contributed by atoms with Crippen molar-refractivity contribution in [1.82, 2.24) is 4.98 Å². The molecule has 3 aromatic rings. The van der Waals surface area contributed by atoms with Crippen LogP contribution < -0.4 is 5.32 Å². The first-order chi connectivity index (χ1) is 14.2. The van der Waals surface area contributed by atoms with Crippen molar-refractivity contribution in [2.75, 3.05) is 5.32 Å². The van der Waals surface area contributed by atoms with Gasteiger partial charge in [-0.15, -0.1) is 0 Å². The van der Waals surface area contributed by atoms with Gasteiger partial charge in [-0.25, -0.2) is 13.6 Å². The highest BCUT2D eigenvalue weighted by Gasteiger charge is 2.32. The first kappa shape index (κ1) is 20.3. The minimum absolute atomic E-state index is 0.122. The Morgan fingerprint density at radius 3 is 2.73 bits per heavy atom. The summed E-state index contributed by atoms with van der Waals surface area (Å²) >= 11 is 6.21. The molecule has 0 atom stereocenters. The number of carboxylic acids is 1. The number of allylic oxidation sites excluding steroid dienone is 2. The van der Waals surface area contributed by atoms with Crippen LogP contribution in [0.5, 0.6) is 0 Å².